The number of hydrogen-bond acceptors (Lipinski definition) is 7. The lowest BCUT2D eigenvalue weighted by molar-refractivity contribution is 0.164. The van der Waals surface area contributed by atoms with Gasteiger partial charge in [0.1, 0.15) is 12.1 Å². The van der Waals surface area contributed by atoms with E-state index in [1.54, 1.807) is 6.33 Å². The molecule has 0 unspecified atom stereocenters. The first-order valence-corrected chi connectivity index (χ1v) is 8.34. The fourth-order valence-electron chi connectivity index (χ4n) is 3.57. The van der Waals surface area contributed by atoms with Crippen LogP contribution in [-0.2, 0) is 12.8 Å². The summed E-state index contributed by atoms with van der Waals surface area (Å²) in [6.07, 6.45) is 5.13. The number of hydrogen-bond donors (Lipinski definition) is 0. The van der Waals surface area contributed by atoms with Gasteiger partial charge >= 0.3 is 0 Å². The molecule has 0 bridgehead atoms. The highest BCUT2D eigenvalue weighted by Crippen LogP contribution is 2.29. The van der Waals surface area contributed by atoms with Crippen molar-refractivity contribution in [3.63, 3.8) is 0 Å². The molecule has 2 aromatic heterocycles. The SMILES string of the molecule is Cc1noc([C@@H](C)N2CCN(c3ncnc4c3CCC4)CC2)n1. The van der Waals surface area contributed by atoms with Gasteiger partial charge in [-0.25, -0.2) is 9.97 Å². The molecule has 0 aromatic carbocycles. The molecule has 1 atom stereocenters. The van der Waals surface area contributed by atoms with Crippen LogP contribution < -0.4 is 4.90 Å². The van der Waals surface area contributed by atoms with E-state index in [-0.39, 0.29) is 6.04 Å². The number of aromatic nitrogens is 4. The third-order valence-corrected chi connectivity index (χ3v) is 4.91. The molecule has 3 heterocycles. The molecule has 122 valence electrons. The highest BCUT2D eigenvalue weighted by molar-refractivity contribution is 5.50. The third kappa shape index (κ3) is 2.69. The normalized spacial score (nSPS) is 19.8. The Morgan fingerprint density at radius 3 is 2.70 bits per heavy atom. The molecule has 4 rings (SSSR count). The van der Waals surface area contributed by atoms with Crippen LogP contribution in [0.25, 0.3) is 0 Å². The quantitative estimate of drug-likeness (QED) is 0.851. The van der Waals surface area contributed by atoms with Crippen molar-refractivity contribution in [3.05, 3.63) is 29.3 Å². The molecule has 0 spiro atoms. The van der Waals surface area contributed by atoms with Crippen LogP contribution in [0.4, 0.5) is 5.82 Å². The van der Waals surface area contributed by atoms with Crippen LogP contribution >= 0.6 is 0 Å². The summed E-state index contributed by atoms with van der Waals surface area (Å²) in [5.74, 6) is 2.55. The van der Waals surface area contributed by atoms with Crippen molar-refractivity contribution in [2.45, 2.75) is 39.2 Å². The van der Waals surface area contributed by atoms with Crippen molar-refractivity contribution in [2.75, 3.05) is 31.1 Å². The van der Waals surface area contributed by atoms with E-state index in [1.807, 2.05) is 6.92 Å². The topological polar surface area (TPSA) is 71.2 Å². The smallest absolute Gasteiger partial charge is 0.243 e. The maximum atomic E-state index is 5.31. The zero-order valence-corrected chi connectivity index (χ0v) is 13.7. The van der Waals surface area contributed by atoms with Crippen molar-refractivity contribution in [3.8, 4) is 0 Å². The summed E-state index contributed by atoms with van der Waals surface area (Å²) in [6, 6.07) is 0.162. The van der Waals surface area contributed by atoms with Crippen molar-refractivity contribution < 1.29 is 4.52 Å². The minimum atomic E-state index is 0.162. The standard InChI is InChI=1S/C16H22N6O/c1-11(16-19-12(2)20-23-16)21-6-8-22(9-7-21)15-13-4-3-5-14(13)17-10-18-15/h10-11H,3-9H2,1-2H3/t11-/m1/s1. The first kappa shape index (κ1) is 14.6. The van der Waals surface area contributed by atoms with Crippen LogP contribution in [0.15, 0.2) is 10.9 Å². The van der Waals surface area contributed by atoms with Crippen molar-refractivity contribution >= 4 is 5.82 Å². The number of nitrogens with zero attached hydrogens (tertiary/aromatic N) is 6. The van der Waals surface area contributed by atoms with Crippen LogP contribution in [-0.4, -0.2) is 51.2 Å². The zero-order chi connectivity index (χ0) is 15.8. The Morgan fingerprint density at radius 2 is 1.96 bits per heavy atom. The van der Waals surface area contributed by atoms with E-state index < -0.39 is 0 Å². The molecule has 7 heteroatoms. The summed E-state index contributed by atoms with van der Waals surface area (Å²) in [5, 5.41) is 3.89. The first-order chi connectivity index (χ1) is 11.2. The molecule has 0 saturated carbocycles. The van der Waals surface area contributed by atoms with Gasteiger partial charge in [-0.15, -0.1) is 0 Å². The summed E-state index contributed by atoms with van der Waals surface area (Å²) >= 11 is 0. The van der Waals surface area contributed by atoms with E-state index in [4.69, 9.17) is 4.52 Å². The summed E-state index contributed by atoms with van der Waals surface area (Å²) in [5.41, 5.74) is 2.61. The van der Waals surface area contributed by atoms with Gasteiger partial charge in [-0.3, -0.25) is 4.90 Å². The minimum absolute atomic E-state index is 0.162. The lowest BCUT2D eigenvalue weighted by Crippen LogP contribution is -2.47. The zero-order valence-electron chi connectivity index (χ0n) is 13.7. The Balaban J connectivity index is 1.44. The van der Waals surface area contributed by atoms with Gasteiger partial charge in [0.25, 0.3) is 0 Å². The molecule has 0 N–H and O–H groups in total. The van der Waals surface area contributed by atoms with Gasteiger partial charge in [0.15, 0.2) is 5.82 Å². The third-order valence-electron chi connectivity index (χ3n) is 4.91. The van der Waals surface area contributed by atoms with Gasteiger partial charge in [-0.2, -0.15) is 4.98 Å². The van der Waals surface area contributed by atoms with E-state index in [0.29, 0.717) is 11.7 Å². The van der Waals surface area contributed by atoms with Gasteiger partial charge in [-0.1, -0.05) is 5.16 Å². The maximum absolute atomic E-state index is 5.31. The molecule has 1 aliphatic heterocycles. The van der Waals surface area contributed by atoms with Gasteiger partial charge in [0, 0.05) is 37.4 Å². The van der Waals surface area contributed by atoms with Crippen molar-refractivity contribution in [1.29, 1.82) is 0 Å². The average Bonchev–Trinajstić information content (AvgIpc) is 3.22. The van der Waals surface area contributed by atoms with Gasteiger partial charge in [-0.05, 0) is 33.1 Å². The summed E-state index contributed by atoms with van der Waals surface area (Å²) in [7, 11) is 0. The second-order valence-electron chi connectivity index (χ2n) is 6.35. The molecule has 7 nitrogen and oxygen atoms in total. The highest BCUT2D eigenvalue weighted by Gasteiger charge is 2.28. The fraction of sp³-hybridized carbons (Fsp3) is 0.625. The molecule has 1 saturated heterocycles. The van der Waals surface area contributed by atoms with Gasteiger partial charge in [0.2, 0.25) is 5.89 Å². The van der Waals surface area contributed by atoms with Crippen LogP contribution in [0, 0.1) is 6.92 Å². The highest BCUT2D eigenvalue weighted by atomic mass is 16.5. The summed E-state index contributed by atoms with van der Waals surface area (Å²) in [6.45, 7) is 7.88. The van der Waals surface area contributed by atoms with Crippen molar-refractivity contribution in [1.82, 2.24) is 25.0 Å². The van der Waals surface area contributed by atoms with Crippen LogP contribution in [0.3, 0.4) is 0 Å². The molecule has 2 aliphatic rings. The maximum Gasteiger partial charge on any atom is 0.243 e. The fourth-order valence-corrected chi connectivity index (χ4v) is 3.57. The predicted molar refractivity (Wildman–Crippen MR) is 85.3 cm³/mol. The average molecular weight is 314 g/mol. The van der Waals surface area contributed by atoms with Gasteiger partial charge in [0.05, 0.1) is 6.04 Å². The van der Waals surface area contributed by atoms with E-state index in [0.717, 1.165) is 44.8 Å². The summed E-state index contributed by atoms with van der Waals surface area (Å²) < 4.78 is 5.31. The minimum Gasteiger partial charge on any atom is -0.354 e. The number of piperazine rings is 1. The molecular formula is C16H22N6O. The van der Waals surface area contributed by atoms with E-state index in [1.165, 1.54) is 17.7 Å². The number of fused-ring (bicyclic) bond motifs is 1. The Hall–Kier alpha value is -2.02. The Labute approximate surface area is 135 Å². The molecule has 0 radical (unpaired) electrons. The molecule has 1 fully saturated rings. The van der Waals surface area contributed by atoms with E-state index >= 15 is 0 Å². The van der Waals surface area contributed by atoms with Crippen molar-refractivity contribution in [2.24, 2.45) is 0 Å². The Morgan fingerprint density at radius 1 is 1.13 bits per heavy atom. The number of rotatable bonds is 3. The van der Waals surface area contributed by atoms with E-state index in [9.17, 15) is 0 Å². The first-order valence-electron chi connectivity index (χ1n) is 8.34. The van der Waals surface area contributed by atoms with Crippen LogP contribution in [0.2, 0.25) is 0 Å². The second-order valence-corrected chi connectivity index (χ2v) is 6.35. The second kappa shape index (κ2) is 5.88. The molecule has 23 heavy (non-hydrogen) atoms. The lowest BCUT2D eigenvalue weighted by atomic mass is 10.2. The number of anilines is 1. The summed E-state index contributed by atoms with van der Waals surface area (Å²) in [4.78, 5) is 18.1. The Bertz CT molecular complexity index is 692. The molecule has 1 aliphatic carbocycles. The molecular weight excluding hydrogens is 292 g/mol. The number of aryl methyl sites for hydroxylation is 2. The van der Waals surface area contributed by atoms with E-state index in [2.05, 4.69) is 36.8 Å². The largest absolute Gasteiger partial charge is 0.354 e. The monoisotopic (exact) mass is 314 g/mol. The lowest BCUT2D eigenvalue weighted by Gasteiger charge is -2.37. The van der Waals surface area contributed by atoms with Crippen LogP contribution in [0.1, 0.15) is 42.4 Å². The predicted octanol–water partition coefficient (Wildman–Crippen LogP) is 1.54. The Kier molecular flexibility index (Phi) is 3.72. The molecule has 0 amide bonds. The van der Waals surface area contributed by atoms with Gasteiger partial charge < -0.3 is 9.42 Å². The molecule has 2 aromatic rings. The van der Waals surface area contributed by atoms with Crippen LogP contribution in [0.5, 0.6) is 0 Å².